The predicted molar refractivity (Wildman–Crippen MR) is 305 cm³/mol. The van der Waals surface area contributed by atoms with E-state index in [1.165, 1.54) is 66.8 Å². The van der Waals surface area contributed by atoms with Gasteiger partial charge >= 0.3 is 0 Å². The lowest BCUT2D eigenvalue weighted by Gasteiger charge is -2.34. The third-order valence-electron chi connectivity index (χ3n) is 16.1. The highest BCUT2D eigenvalue weighted by atomic mass is 32.1. The van der Waals surface area contributed by atoms with Gasteiger partial charge in [-0.05, 0) is 125 Å². The van der Waals surface area contributed by atoms with Crippen LogP contribution in [0.2, 0.25) is 0 Å². The number of aromatic nitrogens is 2. The number of nitrogens with zero attached hydrogens (tertiary/aromatic N) is 4. The van der Waals surface area contributed by atoms with Crippen molar-refractivity contribution in [1.29, 1.82) is 10.5 Å². The Bertz CT molecular complexity index is 4230. The van der Waals surface area contributed by atoms with Crippen molar-refractivity contribution in [1.82, 2.24) is 9.97 Å². The van der Waals surface area contributed by atoms with E-state index in [0.717, 1.165) is 64.5 Å². The molecular formula is C70H40N4S. The van der Waals surface area contributed by atoms with Crippen LogP contribution >= 0.6 is 11.3 Å². The number of hydrogen-bond acceptors (Lipinski definition) is 5. The zero-order chi connectivity index (χ0) is 49.8. The molecule has 0 bridgehead atoms. The van der Waals surface area contributed by atoms with E-state index >= 15 is 0 Å². The number of rotatable bonds is 6. The van der Waals surface area contributed by atoms with Gasteiger partial charge in [0.25, 0.3) is 0 Å². The van der Waals surface area contributed by atoms with E-state index in [1.807, 2.05) is 36.4 Å². The van der Waals surface area contributed by atoms with Crippen molar-refractivity contribution in [3.05, 3.63) is 298 Å². The standard InChI is InChI=1S/C70H40N4S/c71-41-43-29-33-55-57(37-43)58-38-44(42-72)30-34-56(58)64-63(55)73-65-66(74-64)68(46-32-36-54-52-26-14-16-28-60(52)70(62(54)40-46,49-21-9-3-10-22-49)50-23-11-4-12-24-50)75-67(65)45-31-35-53-51-25-13-15-27-59(51)69(61(53)39-45,47-17-5-1-6-18-47)48-19-7-2-8-20-48/h1-40H. The molecule has 11 aromatic carbocycles. The average Bonchev–Trinajstić information content (AvgIpc) is 4.27. The minimum Gasteiger partial charge on any atom is -0.242 e. The molecule has 0 radical (unpaired) electrons. The van der Waals surface area contributed by atoms with E-state index in [1.54, 1.807) is 11.3 Å². The zero-order valence-electron chi connectivity index (χ0n) is 40.3. The maximum absolute atomic E-state index is 10.1. The van der Waals surface area contributed by atoms with E-state index < -0.39 is 10.8 Å². The molecule has 0 saturated heterocycles. The van der Waals surface area contributed by atoms with E-state index in [-0.39, 0.29) is 0 Å². The van der Waals surface area contributed by atoms with Crippen LogP contribution in [0.4, 0.5) is 0 Å². The van der Waals surface area contributed by atoms with Crippen LogP contribution in [0.5, 0.6) is 0 Å². The predicted octanol–water partition coefficient (Wildman–Crippen LogP) is 17.0. The van der Waals surface area contributed by atoms with Crippen molar-refractivity contribution >= 4 is 54.9 Å². The van der Waals surface area contributed by atoms with Crippen LogP contribution in [0.1, 0.15) is 55.6 Å². The molecule has 5 heteroatoms. The highest BCUT2D eigenvalue weighted by Gasteiger charge is 2.48. The molecule has 0 spiro atoms. The van der Waals surface area contributed by atoms with Crippen LogP contribution in [0.15, 0.2) is 243 Å². The summed E-state index contributed by atoms with van der Waals surface area (Å²) in [6, 6.07) is 91.8. The summed E-state index contributed by atoms with van der Waals surface area (Å²) in [5, 5.41) is 23.8. The molecule has 0 amide bonds. The molecule has 15 rings (SSSR count). The molecule has 0 atom stereocenters. The number of benzene rings is 11. The Kier molecular flexibility index (Phi) is 9.35. The normalized spacial score (nSPS) is 13.5. The van der Waals surface area contributed by atoms with Gasteiger partial charge in [-0.15, -0.1) is 11.3 Å². The summed E-state index contributed by atoms with van der Waals surface area (Å²) < 4.78 is 0. The molecule has 0 unspecified atom stereocenters. The molecular weight excluding hydrogens is 929 g/mol. The number of thiophene rings is 1. The first-order valence-corrected chi connectivity index (χ1v) is 26.1. The Balaban J connectivity index is 1.05. The van der Waals surface area contributed by atoms with Crippen LogP contribution in [-0.2, 0) is 10.8 Å². The van der Waals surface area contributed by atoms with Crippen LogP contribution in [-0.4, -0.2) is 9.97 Å². The summed E-state index contributed by atoms with van der Waals surface area (Å²) in [5.74, 6) is 0. The maximum Gasteiger partial charge on any atom is 0.109 e. The fourth-order valence-corrected chi connectivity index (χ4v) is 14.1. The number of nitriles is 2. The van der Waals surface area contributed by atoms with Gasteiger partial charge in [-0.25, -0.2) is 9.97 Å². The molecule has 0 aliphatic heterocycles. The van der Waals surface area contributed by atoms with Gasteiger partial charge in [0.1, 0.15) is 11.0 Å². The van der Waals surface area contributed by atoms with Crippen molar-refractivity contribution in [3.8, 4) is 55.3 Å². The summed E-state index contributed by atoms with van der Waals surface area (Å²) in [5.41, 5.74) is 19.7. The van der Waals surface area contributed by atoms with E-state index in [0.29, 0.717) is 11.1 Å². The summed E-state index contributed by atoms with van der Waals surface area (Å²) in [4.78, 5) is 13.6. The minimum absolute atomic E-state index is 0.540. The second-order valence-electron chi connectivity index (χ2n) is 19.7. The van der Waals surface area contributed by atoms with Crippen molar-refractivity contribution in [2.75, 3.05) is 0 Å². The van der Waals surface area contributed by atoms with E-state index in [2.05, 4.69) is 218 Å². The summed E-state index contributed by atoms with van der Waals surface area (Å²) >= 11 is 1.74. The third-order valence-corrected chi connectivity index (χ3v) is 17.3. The van der Waals surface area contributed by atoms with Gasteiger partial charge in [-0.3, -0.25) is 0 Å². The van der Waals surface area contributed by atoms with Crippen LogP contribution < -0.4 is 0 Å². The van der Waals surface area contributed by atoms with Gasteiger partial charge in [-0.1, -0.05) is 206 Å². The zero-order valence-corrected chi connectivity index (χ0v) is 41.1. The first kappa shape index (κ1) is 42.9. The molecule has 2 aliphatic rings. The first-order valence-electron chi connectivity index (χ1n) is 25.2. The second-order valence-corrected chi connectivity index (χ2v) is 20.7. The molecule has 2 aliphatic carbocycles. The minimum atomic E-state index is -0.595. The lowest BCUT2D eigenvalue weighted by atomic mass is 9.67. The van der Waals surface area contributed by atoms with Crippen molar-refractivity contribution in [3.63, 3.8) is 0 Å². The average molecular weight is 969 g/mol. The van der Waals surface area contributed by atoms with Crippen molar-refractivity contribution < 1.29 is 0 Å². The lowest BCUT2D eigenvalue weighted by Crippen LogP contribution is -2.28. The van der Waals surface area contributed by atoms with Gasteiger partial charge in [0.2, 0.25) is 0 Å². The summed E-state index contributed by atoms with van der Waals surface area (Å²) in [7, 11) is 0. The third kappa shape index (κ3) is 5.96. The number of fused-ring (bicyclic) bond motifs is 13. The highest BCUT2D eigenvalue weighted by molar-refractivity contribution is 7.20. The Morgan fingerprint density at radius 3 is 1.03 bits per heavy atom. The van der Waals surface area contributed by atoms with Gasteiger partial charge in [0.05, 0.1) is 54.9 Å². The van der Waals surface area contributed by atoms with Gasteiger partial charge in [0, 0.05) is 10.8 Å². The Labute approximate surface area is 437 Å². The molecule has 346 valence electrons. The topological polar surface area (TPSA) is 73.4 Å². The van der Waals surface area contributed by atoms with Crippen LogP contribution in [0.3, 0.4) is 0 Å². The van der Waals surface area contributed by atoms with E-state index in [9.17, 15) is 10.5 Å². The van der Waals surface area contributed by atoms with Gasteiger partial charge < -0.3 is 0 Å². The first-order chi connectivity index (χ1) is 37.1. The molecule has 2 heterocycles. The summed E-state index contributed by atoms with van der Waals surface area (Å²) in [6.07, 6.45) is 0. The fraction of sp³-hybridized carbons (Fsp3) is 0.0286. The molecule has 4 nitrogen and oxygen atoms in total. The molecule has 0 fully saturated rings. The molecule has 75 heavy (non-hydrogen) atoms. The van der Waals surface area contributed by atoms with Crippen molar-refractivity contribution in [2.45, 2.75) is 10.8 Å². The Hall–Kier alpha value is -9.78. The van der Waals surface area contributed by atoms with Crippen LogP contribution in [0.25, 0.3) is 86.7 Å². The molecule has 13 aromatic rings. The van der Waals surface area contributed by atoms with Gasteiger partial charge in [0.15, 0.2) is 0 Å². The largest absolute Gasteiger partial charge is 0.242 e. The maximum atomic E-state index is 10.1. The number of hydrogen-bond donors (Lipinski definition) is 0. The Morgan fingerprint density at radius 1 is 0.307 bits per heavy atom. The van der Waals surface area contributed by atoms with E-state index in [4.69, 9.17) is 9.97 Å². The monoisotopic (exact) mass is 968 g/mol. The Morgan fingerprint density at radius 2 is 0.653 bits per heavy atom. The highest BCUT2D eigenvalue weighted by Crippen LogP contribution is 2.59. The molecule has 2 aromatic heterocycles. The quantitative estimate of drug-likeness (QED) is 0.156. The van der Waals surface area contributed by atoms with Crippen LogP contribution in [0, 0.1) is 22.7 Å². The lowest BCUT2D eigenvalue weighted by molar-refractivity contribution is 0.769. The van der Waals surface area contributed by atoms with Gasteiger partial charge in [-0.2, -0.15) is 10.5 Å². The smallest absolute Gasteiger partial charge is 0.109 e. The molecule has 0 N–H and O–H groups in total. The second kappa shape index (κ2) is 16.4. The SMILES string of the molecule is N#Cc1ccc2c(c1)c1cc(C#N)ccc1c1nc3c(-c4ccc5c(c4)C(c4ccccc4)(c4ccccc4)c4ccccc4-5)sc(-c4ccc5c(c4)C(c4ccccc4)(c4ccccc4)c4ccccc4-5)c3nc21. The summed E-state index contributed by atoms with van der Waals surface area (Å²) in [6.45, 7) is 0. The van der Waals surface area contributed by atoms with Crippen molar-refractivity contribution in [2.24, 2.45) is 0 Å². The molecule has 0 saturated carbocycles. The fourth-order valence-electron chi connectivity index (χ4n) is 13.0.